The molecule has 3 heteroatoms. The summed E-state index contributed by atoms with van der Waals surface area (Å²) in [5, 5.41) is 0.461. The van der Waals surface area contributed by atoms with Gasteiger partial charge in [-0.25, -0.2) is 4.39 Å². The molecule has 0 aliphatic rings. The molecule has 0 amide bonds. The number of halogens is 2. The molecule has 84 valence electrons. The summed E-state index contributed by atoms with van der Waals surface area (Å²) in [5.74, 6) is -0.268. The number of hydrogen-bond donors (Lipinski definition) is 1. The SMILES string of the molecule is CCCC(C)(N)Cc1c(F)cccc1Cl. The molecule has 0 heterocycles. The van der Waals surface area contributed by atoms with Gasteiger partial charge in [0, 0.05) is 16.1 Å². The molecule has 1 aromatic carbocycles. The van der Waals surface area contributed by atoms with E-state index in [0.717, 1.165) is 12.8 Å². The number of rotatable bonds is 4. The Morgan fingerprint density at radius 1 is 1.47 bits per heavy atom. The van der Waals surface area contributed by atoms with E-state index in [1.54, 1.807) is 12.1 Å². The van der Waals surface area contributed by atoms with E-state index in [1.165, 1.54) is 6.07 Å². The molecule has 0 aliphatic heterocycles. The van der Waals surface area contributed by atoms with Crippen LogP contribution >= 0.6 is 11.6 Å². The van der Waals surface area contributed by atoms with Crippen molar-refractivity contribution >= 4 is 11.6 Å². The van der Waals surface area contributed by atoms with E-state index in [4.69, 9.17) is 17.3 Å². The van der Waals surface area contributed by atoms with Crippen molar-refractivity contribution in [3.8, 4) is 0 Å². The van der Waals surface area contributed by atoms with Gasteiger partial charge in [0.25, 0.3) is 0 Å². The fourth-order valence-corrected chi connectivity index (χ4v) is 1.99. The molecule has 1 aromatic rings. The quantitative estimate of drug-likeness (QED) is 0.840. The molecule has 0 bridgehead atoms. The van der Waals surface area contributed by atoms with Crippen molar-refractivity contribution in [1.82, 2.24) is 0 Å². The van der Waals surface area contributed by atoms with Crippen molar-refractivity contribution in [2.24, 2.45) is 5.73 Å². The lowest BCUT2D eigenvalue weighted by Gasteiger charge is -2.24. The Hall–Kier alpha value is -0.600. The molecule has 0 radical (unpaired) electrons. The van der Waals surface area contributed by atoms with E-state index in [0.29, 0.717) is 17.0 Å². The van der Waals surface area contributed by atoms with E-state index in [9.17, 15) is 4.39 Å². The van der Waals surface area contributed by atoms with Crippen LogP contribution in [-0.4, -0.2) is 5.54 Å². The second-order valence-electron chi connectivity index (χ2n) is 4.28. The Morgan fingerprint density at radius 3 is 2.67 bits per heavy atom. The summed E-state index contributed by atoms with van der Waals surface area (Å²) in [6.07, 6.45) is 2.32. The lowest BCUT2D eigenvalue weighted by atomic mass is 9.89. The van der Waals surface area contributed by atoms with Crippen LogP contribution in [0.4, 0.5) is 4.39 Å². The minimum atomic E-state index is -0.388. The van der Waals surface area contributed by atoms with Crippen molar-refractivity contribution < 1.29 is 4.39 Å². The summed E-state index contributed by atoms with van der Waals surface area (Å²) in [6.45, 7) is 3.99. The van der Waals surface area contributed by atoms with Crippen molar-refractivity contribution in [1.29, 1.82) is 0 Å². The second kappa shape index (κ2) is 4.95. The highest BCUT2D eigenvalue weighted by atomic mass is 35.5. The lowest BCUT2D eigenvalue weighted by molar-refractivity contribution is 0.417. The maximum Gasteiger partial charge on any atom is 0.127 e. The van der Waals surface area contributed by atoms with E-state index in [1.807, 2.05) is 6.92 Å². The Morgan fingerprint density at radius 2 is 2.13 bits per heavy atom. The van der Waals surface area contributed by atoms with Crippen LogP contribution in [0.1, 0.15) is 32.3 Å². The van der Waals surface area contributed by atoms with Crippen LogP contribution in [0.3, 0.4) is 0 Å². The molecule has 0 aliphatic carbocycles. The number of hydrogen-bond acceptors (Lipinski definition) is 1. The molecule has 0 fully saturated rings. The monoisotopic (exact) mass is 229 g/mol. The molecule has 0 saturated heterocycles. The number of nitrogens with two attached hydrogens (primary N) is 1. The normalized spacial score (nSPS) is 15.0. The Labute approximate surface area is 95.4 Å². The molecule has 15 heavy (non-hydrogen) atoms. The molecule has 0 aromatic heterocycles. The van der Waals surface area contributed by atoms with Gasteiger partial charge in [0.05, 0.1) is 0 Å². The van der Waals surface area contributed by atoms with Crippen LogP contribution in [0, 0.1) is 5.82 Å². The largest absolute Gasteiger partial charge is 0.325 e. The van der Waals surface area contributed by atoms with Crippen LogP contribution in [-0.2, 0) is 6.42 Å². The van der Waals surface area contributed by atoms with Gasteiger partial charge in [-0.05, 0) is 31.9 Å². The fraction of sp³-hybridized carbons (Fsp3) is 0.500. The zero-order valence-corrected chi connectivity index (χ0v) is 9.94. The summed E-state index contributed by atoms with van der Waals surface area (Å²) in [7, 11) is 0. The van der Waals surface area contributed by atoms with Gasteiger partial charge in [-0.3, -0.25) is 0 Å². The maximum atomic E-state index is 13.5. The standard InChI is InChI=1S/C12H17ClFN/c1-3-7-12(2,15)8-9-10(13)5-4-6-11(9)14/h4-6H,3,7-8,15H2,1-2H3. The fourth-order valence-electron chi connectivity index (χ4n) is 1.76. The highest BCUT2D eigenvalue weighted by molar-refractivity contribution is 6.31. The van der Waals surface area contributed by atoms with Crippen LogP contribution in [0.25, 0.3) is 0 Å². The first-order chi connectivity index (χ1) is 6.96. The minimum Gasteiger partial charge on any atom is -0.325 e. The van der Waals surface area contributed by atoms with Gasteiger partial charge >= 0.3 is 0 Å². The molecule has 1 unspecified atom stereocenters. The van der Waals surface area contributed by atoms with Gasteiger partial charge in [0.15, 0.2) is 0 Å². The summed E-state index contributed by atoms with van der Waals surface area (Å²) >= 11 is 5.94. The third-order valence-corrected chi connectivity index (χ3v) is 2.82. The van der Waals surface area contributed by atoms with Crippen LogP contribution in [0.2, 0.25) is 5.02 Å². The lowest BCUT2D eigenvalue weighted by Crippen LogP contribution is -2.38. The Kier molecular flexibility index (Phi) is 4.12. The zero-order chi connectivity index (χ0) is 11.5. The Bertz CT molecular complexity index is 316. The maximum absolute atomic E-state index is 13.5. The first kappa shape index (κ1) is 12.5. The smallest absolute Gasteiger partial charge is 0.127 e. The molecule has 1 atom stereocenters. The van der Waals surface area contributed by atoms with Gasteiger partial charge in [0.1, 0.15) is 5.82 Å². The second-order valence-corrected chi connectivity index (χ2v) is 4.69. The molecular formula is C12H17ClFN. The molecule has 1 nitrogen and oxygen atoms in total. The molecule has 1 rings (SSSR count). The summed E-state index contributed by atoms with van der Waals surface area (Å²) in [5.41, 5.74) is 6.21. The van der Waals surface area contributed by atoms with Crippen molar-refractivity contribution in [3.63, 3.8) is 0 Å². The van der Waals surface area contributed by atoms with E-state index < -0.39 is 0 Å². The minimum absolute atomic E-state index is 0.268. The van der Waals surface area contributed by atoms with E-state index in [-0.39, 0.29) is 11.4 Å². The van der Waals surface area contributed by atoms with Crippen molar-refractivity contribution in [2.45, 2.75) is 38.6 Å². The van der Waals surface area contributed by atoms with Gasteiger partial charge in [-0.15, -0.1) is 0 Å². The summed E-state index contributed by atoms with van der Waals surface area (Å²) in [4.78, 5) is 0. The first-order valence-corrected chi connectivity index (χ1v) is 5.56. The van der Waals surface area contributed by atoms with Gasteiger partial charge in [-0.1, -0.05) is 31.0 Å². The van der Waals surface area contributed by atoms with E-state index in [2.05, 4.69) is 6.92 Å². The predicted octanol–water partition coefficient (Wildman–Crippen LogP) is 3.54. The van der Waals surface area contributed by atoms with Crippen LogP contribution < -0.4 is 5.73 Å². The zero-order valence-electron chi connectivity index (χ0n) is 9.19. The third-order valence-electron chi connectivity index (χ3n) is 2.46. The average Bonchev–Trinajstić information content (AvgIpc) is 2.11. The van der Waals surface area contributed by atoms with Crippen LogP contribution in [0.5, 0.6) is 0 Å². The highest BCUT2D eigenvalue weighted by Crippen LogP contribution is 2.24. The molecule has 0 saturated carbocycles. The van der Waals surface area contributed by atoms with Gasteiger partial charge < -0.3 is 5.73 Å². The van der Waals surface area contributed by atoms with Gasteiger partial charge in [0.2, 0.25) is 0 Å². The Balaban J connectivity index is 2.89. The summed E-state index contributed by atoms with van der Waals surface area (Å²) in [6, 6.07) is 4.72. The highest BCUT2D eigenvalue weighted by Gasteiger charge is 2.21. The molecule has 2 N–H and O–H groups in total. The van der Waals surface area contributed by atoms with E-state index >= 15 is 0 Å². The number of benzene rings is 1. The van der Waals surface area contributed by atoms with Crippen molar-refractivity contribution in [3.05, 3.63) is 34.6 Å². The molecule has 0 spiro atoms. The third kappa shape index (κ3) is 3.47. The van der Waals surface area contributed by atoms with Crippen LogP contribution in [0.15, 0.2) is 18.2 Å². The molecular weight excluding hydrogens is 213 g/mol. The van der Waals surface area contributed by atoms with Gasteiger partial charge in [-0.2, -0.15) is 0 Å². The van der Waals surface area contributed by atoms with Crippen molar-refractivity contribution in [2.75, 3.05) is 0 Å². The topological polar surface area (TPSA) is 26.0 Å². The predicted molar refractivity (Wildman–Crippen MR) is 62.6 cm³/mol. The summed E-state index contributed by atoms with van der Waals surface area (Å²) < 4.78 is 13.5. The average molecular weight is 230 g/mol. The first-order valence-electron chi connectivity index (χ1n) is 5.18.